The molecular weight excluding hydrogens is 248 g/mol. The molecule has 0 aliphatic carbocycles. The van der Waals surface area contributed by atoms with Crippen LogP contribution in [0, 0.1) is 0 Å². The first-order chi connectivity index (χ1) is 9.79. The van der Waals surface area contributed by atoms with E-state index in [9.17, 15) is 5.11 Å². The highest BCUT2D eigenvalue weighted by Gasteiger charge is 2.09. The Morgan fingerprint density at radius 3 is 2.45 bits per heavy atom. The minimum absolute atomic E-state index is 0.356. The largest absolute Gasteiger partial charge is 0.507 e. The van der Waals surface area contributed by atoms with Crippen LogP contribution in [-0.2, 0) is 6.42 Å². The quantitative estimate of drug-likeness (QED) is 0.770. The highest BCUT2D eigenvalue weighted by Crippen LogP contribution is 2.31. The van der Waals surface area contributed by atoms with Crippen LogP contribution < -0.4 is 4.74 Å². The van der Waals surface area contributed by atoms with E-state index in [1.54, 1.807) is 7.11 Å². The second-order valence-corrected chi connectivity index (χ2v) is 4.78. The van der Waals surface area contributed by atoms with E-state index >= 15 is 0 Å². The Balaban J connectivity index is 2.05. The molecule has 3 aromatic carbocycles. The van der Waals surface area contributed by atoms with Gasteiger partial charge in [0.1, 0.15) is 11.5 Å². The lowest BCUT2D eigenvalue weighted by molar-refractivity contribution is 0.410. The lowest BCUT2D eigenvalue weighted by atomic mass is 9.99. The average Bonchev–Trinajstić information content (AvgIpc) is 2.51. The highest BCUT2D eigenvalue weighted by atomic mass is 16.5. The fraction of sp³-hybridized carbons (Fsp3) is 0.111. The summed E-state index contributed by atoms with van der Waals surface area (Å²) in [5, 5.41) is 12.4. The molecule has 3 aromatic rings. The molecule has 0 aliphatic rings. The molecule has 0 aliphatic heterocycles. The third-order valence-electron chi connectivity index (χ3n) is 3.56. The maximum atomic E-state index is 10.4. The van der Waals surface area contributed by atoms with Crippen molar-refractivity contribution in [3.05, 3.63) is 71.8 Å². The van der Waals surface area contributed by atoms with E-state index in [0.717, 1.165) is 27.6 Å². The van der Waals surface area contributed by atoms with Gasteiger partial charge in [-0.3, -0.25) is 0 Å². The molecule has 0 radical (unpaired) electrons. The van der Waals surface area contributed by atoms with Gasteiger partial charge in [0.25, 0.3) is 0 Å². The molecule has 0 saturated carbocycles. The maximum Gasteiger partial charge on any atom is 0.126 e. The Labute approximate surface area is 118 Å². The van der Waals surface area contributed by atoms with E-state index < -0.39 is 0 Å². The first kappa shape index (κ1) is 12.5. The summed E-state index contributed by atoms with van der Waals surface area (Å²) in [6.07, 6.45) is 0.653. The first-order valence-electron chi connectivity index (χ1n) is 6.61. The van der Waals surface area contributed by atoms with Crippen molar-refractivity contribution in [2.24, 2.45) is 0 Å². The van der Waals surface area contributed by atoms with Gasteiger partial charge in [-0.05, 0) is 22.6 Å². The number of para-hydroxylation sites is 1. The van der Waals surface area contributed by atoms with Crippen LogP contribution in [0.3, 0.4) is 0 Å². The fourth-order valence-electron chi connectivity index (χ4n) is 2.50. The lowest BCUT2D eigenvalue weighted by Gasteiger charge is -2.11. The van der Waals surface area contributed by atoms with Gasteiger partial charge in [0, 0.05) is 11.8 Å². The Morgan fingerprint density at radius 2 is 1.60 bits per heavy atom. The molecule has 0 saturated heterocycles. The minimum atomic E-state index is 0.356. The topological polar surface area (TPSA) is 29.5 Å². The summed E-state index contributed by atoms with van der Waals surface area (Å²) in [4.78, 5) is 0. The van der Waals surface area contributed by atoms with E-state index in [0.29, 0.717) is 12.2 Å². The van der Waals surface area contributed by atoms with Gasteiger partial charge in [-0.1, -0.05) is 54.6 Å². The third kappa shape index (κ3) is 2.21. The molecule has 0 amide bonds. The maximum absolute atomic E-state index is 10.4. The number of benzene rings is 3. The molecule has 0 spiro atoms. The van der Waals surface area contributed by atoms with Crippen LogP contribution in [0.25, 0.3) is 10.8 Å². The molecular formula is C18H16O2. The smallest absolute Gasteiger partial charge is 0.126 e. The van der Waals surface area contributed by atoms with Gasteiger partial charge in [0.05, 0.1) is 7.11 Å². The summed E-state index contributed by atoms with van der Waals surface area (Å²) in [6, 6.07) is 19.8. The van der Waals surface area contributed by atoms with Crippen molar-refractivity contribution < 1.29 is 9.84 Å². The molecule has 2 nitrogen and oxygen atoms in total. The molecule has 0 aromatic heterocycles. The number of methoxy groups -OCH3 is 1. The number of hydrogen-bond acceptors (Lipinski definition) is 2. The van der Waals surface area contributed by atoms with E-state index in [1.807, 2.05) is 60.7 Å². The zero-order valence-electron chi connectivity index (χ0n) is 11.3. The molecule has 0 heterocycles. The van der Waals surface area contributed by atoms with Gasteiger partial charge in [-0.2, -0.15) is 0 Å². The van der Waals surface area contributed by atoms with Gasteiger partial charge in [0.2, 0.25) is 0 Å². The Hall–Kier alpha value is -2.48. The van der Waals surface area contributed by atoms with Gasteiger partial charge in [-0.25, -0.2) is 0 Å². The molecule has 100 valence electrons. The van der Waals surface area contributed by atoms with Crippen molar-refractivity contribution >= 4 is 10.8 Å². The van der Waals surface area contributed by atoms with Crippen LogP contribution in [0.2, 0.25) is 0 Å². The van der Waals surface area contributed by atoms with Crippen molar-refractivity contribution in [2.45, 2.75) is 6.42 Å². The number of phenols is 1. The summed E-state index contributed by atoms with van der Waals surface area (Å²) < 4.78 is 5.36. The van der Waals surface area contributed by atoms with Crippen LogP contribution in [0.15, 0.2) is 60.7 Å². The lowest BCUT2D eigenvalue weighted by Crippen LogP contribution is -1.94. The number of rotatable bonds is 3. The number of aromatic hydroxyl groups is 1. The van der Waals surface area contributed by atoms with Crippen molar-refractivity contribution in [3.63, 3.8) is 0 Å². The minimum Gasteiger partial charge on any atom is -0.507 e. The summed E-state index contributed by atoms with van der Waals surface area (Å²) in [7, 11) is 1.67. The highest BCUT2D eigenvalue weighted by molar-refractivity contribution is 5.89. The first-order valence-corrected chi connectivity index (χ1v) is 6.61. The van der Waals surface area contributed by atoms with E-state index in [4.69, 9.17) is 4.74 Å². The molecule has 2 heteroatoms. The van der Waals surface area contributed by atoms with E-state index in [1.165, 1.54) is 0 Å². The fourth-order valence-corrected chi connectivity index (χ4v) is 2.50. The van der Waals surface area contributed by atoms with E-state index in [2.05, 4.69) is 0 Å². The second-order valence-electron chi connectivity index (χ2n) is 4.78. The van der Waals surface area contributed by atoms with Crippen LogP contribution in [-0.4, -0.2) is 12.2 Å². The zero-order chi connectivity index (χ0) is 13.9. The summed E-state index contributed by atoms with van der Waals surface area (Å²) in [5.74, 6) is 1.20. The van der Waals surface area contributed by atoms with Crippen LogP contribution in [0.5, 0.6) is 11.5 Å². The van der Waals surface area contributed by atoms with Crippen molar-refractivity contribution in [3.8, 4) is 11.5 Å². The predicted octanol–water partition coefficient (Wildman–Crippen LogP) is 4.14. The average molecular weight is 264 g/mol. The SMILES string of the molecule is COc1ccccc1Cc1ccc2ccccc2c1O. The summed E-state index contributed by atoms with van der Waals surface area (Å²) >= 11 is 0. The van der Waals surface area contributed by atoms with Crippen molar-refractivity contribution in [1.82, 2.24) is 0 Å². The number of hydrogen-bond donors (Lipinski definition) is 1. The normalized spacial score (nSPS) is 10.7. The van der Waals surface area contributed by atoms with Crippen LogP contribution in [0.1, 0.15) is 11.1 Å². The van der Waals surface area contributed by atoms with Gasteiger partial charge in [-0.15, -0.1) is 0 Å². The number of fused-ring (bicyclic) bond motifs is 1. The molecule has 0 bridgehead atoms. The van der Waals surface area contributed by atoms with Crippen LogP contribution in [0.4, 0.5) is 0 Å². The molecule has 20 heavy (non-hydrogen) atoms. The van der Waals surface area contributed by atoms with Crippen molar-refractivity contribution in [1.29, 1.82) is 0 Å². The standard InChI is InChI=1S/C18H16O2/c1-20-17-9-5-3-7-14(17)12-15-11-10-13-6-2-4-8-16(13)18(15)19/h2-11,19H,12H2,1H3. The second kappa shape index (κ2) is 5.25. The van der Waals surface area contributed by atoms with Gasteiger partial charge >= 0.3 is 0 Å². The predicted molar refractivity (Wildman–Crippen MR) is 81.4 cm³/mol. The molecule has 1 N–H and O–H groups in total. The Bertz CT molecular complexity index is 747. The number of phenolic OH excluding ortho intramolecular Hbond substituents is 1. The summed E-state index contributed by atoms with van der Waals surface area (Å²) in [5.41, 5.74) is 1.98. The van der Waals surface area contributed by atoms with E-state index in [-0.39, 0.29) is 0 Å². The van der Waals surface area contributed by atoms with Crippen molar-refractivity contribution in [2.75, 3.05) is 7.11 Å². The van der Waals surface area contributed by atoms with Crippen LogP contribution >= 0.6 is 0 Å². The third-order valence-corrected chi connectivity index (χ3v) is 3.56. The summed E-state index contributed by atoms with van der Waals surface area (Å²) in [6.45, 7) is 0. The Morgan fingerprint density at radius 1 is 0.850 bits per heavy atom. The zero-order valence-corrected chi connectivity index (χ0v) is 11.3. The number of ether oxygens (including phenoxy) is 1. The molecule has 0 fully saturated rings. The molecule has 3 rings (SSSR count). The van der Waals surface area contributed by atoms with Gasteiger partial charge < -0.3 is 9.84 Å². The molecule has 0 atom stereocenters. The van der Waals surface area contributed by atoms with Gasteiger partial charge in [0.15, 0.2) is 0 Å². The molecule has 0 unspecified atom stereocenters. The monoisotopic (exact) mass is 264 g/mol. The Kier molecular flexibility index (Phi) is 3.30.